The molecule has 0 amide bonds. The molecule has 88 valence electrons. The lowest BCUT2D eigenvalue weighted by Crippen LogP contribution is -2.29. The van der Waals surface area contributed by atoms with E-state index in [9.17, 15) is 9.59 Å². The van der Waals surface area contributed by atoms with Gasteiger partial charge >= 0.3 is 0 Å². The average molecular weight is 232 g/mol. The Morgan fingerprint density at radius 2 is 1.87 bits per heavy atom. The number of rotatable bonds is 6. The van der Waals surface area contributed by atoms with E-state index in [2.05, 4.69) is 0 Å². The summed E-state index contributed by atoms with van der Waals surface area (Å²) in [5.41, 5.74) is -0.873. The number of carbonyl (C=O) groups excluding carboxylic acids is 2. The van der Waals surface area contributed by atoms with Crippen LogP contribution in [0.25, 0.3) is 0 Å². The van der Waals surface area contributed by atoms with Crippen LogP contribution in [0.15, 0.2) is 0 Å². The molecule has 0 atom stereocenters. The molecule has 0 saturated heterocycles. The van der Waals surface area contributed by atoms with Crippen LogP contribution in [-0.2, 0) is 14.3 Å². The van der Waals surface area contributed by atoms with Gasteiger partial charge in [0.2, 0.25) is 5.12 Å². The van der Waals surface area contributed by atoms with Crippen LogP contribution >= 0.6 is 11.8 Å². The minimum absolute atomic E-state index is 0.0812. The topological polar surface area (TPSA) is 43.4 Å². The molecule has 0 bridgehead atoms. The van der Waals surface area contributed by atoms with E-state index in [1.54, 1.807) is 13.8 Å². The van der Waals surface area contributed by atoms with Crippen molar-refractivity contribution < 1.29 is 14.3 Å². The highest BCUT2D eigenvalue weighted by Crippen LogP contribution is 2.24. The summed E-state index contributed by atoms with van der Waals surface area (Å²) < 4.78 is 5.31. The maximum atomic E-state index is 11.6. The van der Waals surface area contributed by atoms with Gasteiger partial charge in [-0.3, -0.25) is 9.59 Å². The SMILES string of the molecule is CC(=O)C(C)(C)C(=O)SCCOC(C)C. The van der Waals surface area contributed by atoms with Crippen LogP contribution in [0.5, 0.6) is 0 Å². The lowest BCUT2D eigenvalue weighted by Gasteiger charge is -2.18. The van der Waals surface area contributed by atoms with Crippen LogP contribution in [0.3, 0.4) is 0 Å². The molecular formula is C11H20O3S. The van der Waals surface area contributed by atoms with Gasteiger partial charge in [-0.1, -0.05) is 11.8 Å². The van der Waals surface area contributed by atoms with Gasteiger partial charge in [-0.05, 0) is 34.6 Å². The second-order valence-corrected chi connectivity index (χ2v) is 5.30. The molecule has 4 heteroatoms. The molecule has 0 heterocycles. The average Bonchev–Trinajstić information content (AvgIpc) is 2.11. The molecule has 0 aliphatic carbocycles. The van der Waals surface area contributed by atoms with E-state index in [0.29, 0.717) is 12.4 Å². The van der Waals surface area contributed by atoms with Gasteiger partial charge < -0.3 is 4.74 Å². The highest BCUT2D eigenvalue weighted by Gasteiger charge is 2.32. The molecule has 0 aromatic carbocycles. The van der Waals surface area contributed by atoms with Crippen molar-refractivity contribution in [2.24, 2.45) is 5.41 Å². The summed E-state index contributed by atoms with van der Waals surface area (Å²) in [4.78, 5) is 22.8. The van der Waals surface area contributed by atoms with Crippen molar-refractivity contribution in [2.45, 2.75) is 40.7 Å². The third-order valence-corrected chi connectivity index (χ3v) is 3.30. The Morgan fingerprint density at radius 3 is 2.27 bits per heavy atom. The maximum absolute atomic E-state index is 11.6. The van der Waals surface area contributed by atoms with E-state index in [0.717, 1.165) is 0 Å². The third kappa shape index (κ3) is 5.33. The highest BCUT2D eigenvalue weighted by molar-refractivity contribution is 8.13. The van der Waals surface area contributed by atoms with Crippen LogP contribution < -0.4 is 0 Å². The summed E-state index contributed by atoms with van der Waals surface area (Å²) in [6, 6.07) is 0. The van der Waals surface area contributed by atoms with Crippen molar-refractivity contribution in [1.29, 1.82) is 0 Å². The Labute approximate surface area is 95.9 Å². The fraction of sp³-hybridized carbons (Fsp3) is 0.818. The zero-order valence-electron chi connectivity index (χ0n) is 10.1. The number of thioether (sulfide) groups is 1. The van der Waals surface area contributed by atoms with E-state index >= 15 is 0 Å². The number of hydrogen-bond acceptors (Lipinski definition) is 4. The van der Waals surface area contributed by atoms with Crippen LogP contribution in [0.2, 0.25) is 0 Å². The van der Waals surface area contributed by atoms with E-state index in [1.165, 1.54) is 18.7 Å². The largest absolute Gasteiger partial charge is 0.378 e. The molecule has 0 radical (unpaired) electrons. The van der Waals surface area contributed by atoms with Crippen molar-refractivity contribution >= 4 is 22.7 Å². The first kappa shape index (κ1) is 14.6. The number of carbonyl (C=O) groups is 2. The van der Waals surface area contributed by atoms with Crippen molar-refractivity contribution in [3.63, 3.8) is 0 Å². The summed E-state index contributed by atoms with van der Waals surface area (Å²) in [5.74, 6) is 0.512. The minimum atomic E-state index is -0.873. The molecule has 0 unspecified atom stereocenters. The molecule has 3 nitrogen and oxygen atoms in total. The van der Waals surface area contributed by atoms with Crippen molar-refractivity contribution in [2.75, 3.05) is 12.4 Å². The zero-order chi connectivity index (χ0) is 12.1. The molecule has 0 aliphatic heterocycles. The summed E-state index contributed by atoms with van der Waals surface area (Å²) in [7, 11) is 0. The first-order chi connectivity index (χ1) is 6.78. The molecule has 0 aromatic heterocycles. The van der Waals surface area contributed by atoms with E-state index in [4.69, 9.17) is 4.74 Å². The number of ketones is 1. The van der Waals surface area contributed by atoms with E-state index in [1.807, 2.05) is 13.8 Å². The first-order valence-corrected chi connectivity index (χ1v) is 6.07. The molecule has 0 aromatic rings. The standard InChI is InChI=1S/C11H20O3S/c1-8(2)14-6-7-15-10(13)11(4,5)9(3)12/h8H,6-7H2,1-5H3. The second kappa shape index (κ2) is 6.28. The van der Waals surface area contributed by atoms with Gasteiger partial charge in [0.15, 0.2) is 0 Å². The molecular weight excluding hydrogens is 212 g/mol. The Morgan fingerprint density at radius 1 is 1.33 bits per heavy atom. The first-order valence-electron chi connectivity index (χ1n) is 5.08. The van der Waals surface area contributed by atoms with Gasteiger partial charge in [0.25, 0.3) is 0 Å². The van der Waals surface area contributed by atoms with Gasteiger partial charge in [-0.25, -0.2) is 0 Å². The molecule has 0 N–H and O–H groups in total. The van der Waals surface area contributed by atoms with Crippen LogP contribution in [0.4, 0.5) is 0 Å². The van der Waals surface area contributed by atoms with Crippen LogP contribution in [-0.4, -0.2) is 29.4 Å². The van der Waals surface area contributed by atoms with Gasteiger partial charge in [0.1, 0.15) is 5.78 Å². The zero-order valence-corrected chi connectivity index (χ0v) is 10.9. The van der Waals surface area contributed by atoms with Gasteiger partial charge in [0, 0.05) is 5.75 Å². The number of ether oxygens (including phenoxy) is 1. The molecule has 15 heavy (non-hydrogen) atoms. The lowest BCUT2D eigenvalue weighted by atomic mass is 9.91. The van der Waals surface area contributed by atoms with E-state index in [-0.39, 0.29) is 17.0 Å². The monoisotopic (exact) mass is 232 g/mol. The summed E-state index contributed by atoms with van der Waals surface area (Å²) in [5, 5.41) is -0.0812. The molecule has 0 rings (SSSR count). The van der Waals surface area contributed by atoms with Crippen molar-refractivity contribution in [1.82, 2.24) is 0 Å². The third-order valence-electron chi connectivity index (χ3n) is 2.16. The molecule has 0 saturated carbocycles. The molecule has 0 fully saturated rings. The predicted octanol–water partition coefficient (Wildman–Crippen LogP) is 2.29. The summed E-state index contributed by atoms with van der Waals surface area (Å²) in [6.07, 6.45) is 0.182. The molecule has 0 aliphatic rings. The van der Waals surface area contributed by atoms with Gasteiger partial charge in [-0.2, -0.15) is 0 Å². The number of hydrogen-bond donors (Lipinski definition) is 0. The Kier molecular flexibility index (Phi) is 6.13. The quantitative estimate of drug-likeness (QED) is 0.520. The fourth-order valence-corrected chi connectivity index (χ4v) is 1.61. The fourth-order valence-electron chi connectivity index (χ4n) is 0.742. The second-order valence-electron chi connectivity index (χ2n) is 4.24. The Hall–Kier alpha value is -0.350. The van der Waals surface area contributed by atoms with E-state index < -0.39 is 5.41 Å². The normalized spacial score (nSPS) is 11.9. The Bertz CT molecular complexity index is 234. The Balaban J connectivity index is 3.89. The lowest BCUT2D eigenvalue weighted by molar-refractivity contribution is -0.132. The maximum Gasteiger partial charge on any atom is 0.201 e. The number of Topliss-reactive ketones (excluding diaryl/α,β-unsaturated/α-hetero) is 1. The summed E-state index contributed by atoms with van der Waals surface area (Å²) >= 11 is 1.17. The molecule has 0 spiro atoms. The minimum Gasteiger partial charge on any atom is -0.378 e. The van der Waals surface area contributed by atoms with Crippen LogP contribution in [0, 0.1) is 5.41 Å². The van der Waals surface area contributed by atoms with Gasteiger partial charge in [0.05, 0.1) is 18.1 Å². The van der Waals surface area contributed by atoms with Crippen LogP contribution in [0.1, 0.15) is 34.6 Å². The highest BCUT2D eigenvalue weighted by atomic mass is 32.2. The van der Waals surface area contributed by atoms with Gasteiger partial charge in [-0.15, -0.1) is 0 Å². The van der Waals surface area contributed by atoms with Crippen molar-refractivity contribution in [3.05, 3.63) is 0 Å². The van der Waals surface area contributed by atoms with Crippen molar-refractivity contribution in [3.8, 4) is 0 Å². The smallest absolute Gasteiger partial charge is 0.201 e. The summed E-state index contributed by atoms with van der Waals surface area (Å²) in [6.45, 7) is 9.21. The predicted molar refractivity (Wildman–Crippen MR) is 63.0 cm³/mol.